The zero-order chi connectivity index (χ0) is 19.8. The number of carbonyl (C=O) groups is 1. The summed E-state index contributed by atoms with van der Waals surface area (Å²) in [5.74, 6) is 0.0754. The number of rotatable bonds is 4. The Morgan fingerprint density at radius 2 is 2.11 bits per heavy atom. The van der Waals surface area contributed by atoms with Crippen LogP contribution in [0, 0.1) is 13.8 Å². The molecular weight excluding hydrogens is 352 g/mol. The number of fused-ring (bicyclic) bond motifs is 1. The molecule has 1 N–H and O–H groups in total. The summed E-state index contributed by atoms with van der Waals surface area (Å²) in [5, 5.41) is 14.3. The van der Waals surface area contributed by atoms with E-state index in [2.05, 4.69) is 24.2 Å². The van der Waals surface area contributed by atoms with Crippen molar-refractivity contribution in [1.29, 1.82) is 0 Å². The van der Waals surface area contributed by atoms with Crippen LogP contribution in [0.4, 0.5) is 0 Å². The first-order valence-corrected chi connectivity index (χ1v) is 9.84. The third kappa shape index (κ3) is 3.29. The van der Waals surface area contributed by atoms with E-state index in [1.807, 2.05) is 31.0 Å². The van der Waals surface area contributed by atoms with E-state index in [1.165, 1.54) is 0 Å². The summed E-state index contributed by atoms with van der Waals surface area (Å²) in [6.07, 6.45) is 5.70. The fourth-order valence-corrected chi connectivity index (χ4v) is 4.12. The van der Waals surface area contributed by atoms with Crippen molar-refractivity contribution in [2.75, 3.05) is 13.2 Å². The molecule has 3 heterocycles. The van der Waals surface area contributed by atoms with Gasteiger partial charge in [0.1, 0.15) is 0 Å². The van der Waals surface area contributed by atoms with Gasteiger partial charge in [0, 0.05) is 29.7 Å². The summed E-state index contributed by atoms with van der Waals surface area (Å²) >= 11 is 0. The van der Waals surface area contributed by atoms with Crippen molar-refractivity contribution in [3.63, 3.8) is 0 Å². The van der Waals surface area contributed by atoms with Gasteiger partial charge in [0.2, 0.25) is 0 Å². The topological polar surface area (TPSA) is 71.2 Å². The van der Waals surface area contributed by atoms with Crippen LogP contribution < -0.4 is 0 Å². The predicted molar refractivity (Wildman–Crippen MR) is 109 cm³/mol. The molecule has 2 aromatic heterocycles. The number of hydrogen-bond donors (Lipinski definition) is 1. The quantitative estimate of drug-likeness (QED) is 0.756. The number of nitrogens with zero attached hydrogens (tertiary/aromatic N) is 4. The highest BCUT2D eigenvalue weighted by molar-refractivity contribution is 6.08. The number of aliphatic hydroxyl groups excluding tert-OH is 1. The van der Waals surface area contributed by atoms with Crippen molar-refractivity contribution in [1.82, 2.24) is 19.7 Å². The average Bonchev–Trinajstić information content (AvgIpc) is 3.30. The van der Waals surface area contributed by atoms with Gasteiger partial charge in [0.15, 0.2) is 0 Å². The molecule has 0 unspecified atom stereocenters. The van der Waals surface area contributed by atoms with Gasteiger partial charge in [-0.2, -0.15) is 5.10 Å². The molecule has 6 heteroatoms. The molecule has 1 aliphatic heterocycles. The molecular formula is C22H26N4O2. The number of aryl methyl sites for hydroxylation is 2. The number of pyridine rings is 1. The van der Waals surface area contributed by atoms with E-state index in [0.717, 1.165) is 52.7 Å². The monoisotopic (exact) mass is 378 g/mol. The lowest BCUT2D eigenvalue weighted by atomic mass is 9.99. The van der Waals surface area contributed by atoms with E-state index >= 15 is 0 Å². The molecule has 1 fully saturated rings. The van der Waals surface area contributed by atoms with Gasteiger partial charge in [-0.25, -0.2) is 4.98 Å². The minimum Gasteiger partial charge on any atom is -0.394 e. The standard InChI is InChI=1S/C22H26N4O2/c1-14-9-15(2)21-18(10-14)19(22(28)26-6-4-5-16(26)3)11-20(24-21)17-12-23-25(13-17)7-8-27/h9-13,16,27H,4-8H2,1-3H3/t16-/m0/s1. The highest BCUT2D eigenvalue weighted by Gasteiger charge is 2.28. The molecule has 28 heavy (non-hydrogen) atoms. The number of amides is 1. The predicted octanol–water partition coefficient (Wildman–Crippen LogP) is 3.33. The summed E-state index contributed by atoms with van der Waals surface area (Å²) in [6, 6.07) is 6.32. The van der Waals surface area contributed by atoms with Crippen molar-refractivity contribution < 1.29 is 9.90 Å². The normalized spacial score (nSPS) is 16.9. The van der Waals surface area contributed by atoms with Gasteiger partial charge in [-0.15, -0.1) is 0 Å². The first-order chi connectivity index (χ1) is 13.5. The van der Waals surface area contributed by atoms with Crippen molar-refractivity contribution in [2.45, 2.75) is 46.2 Å². The maximum Gasteiger partial charge on any atom is 0.254 e. The van der Waals surface area contributed by atoms with Crippen LogP contribution in [0.25, 0.3) is 22.2 Å². The zero-order valence-corrected chi connectivity index (χ0v) is 16.6. The van der Waals surface area contributed by atoms with Crippen LogP contribution >= 0.6 is 0 Å². The minimum absolute atomic E-state index is 0.0290. The van der Waals surface area contributed by atoms with Crippen LogP contribution in [-0.4, -0.2) is 49.9 Å². The van der Waals surface area contributed by atoms with Crippen LogP contribution in [0.5, 0.6) is 0 Å². The molecule has 146 valence electrons. The maximum absolute atomic E-state index is 13.4. The number of hydrogen-bond acceptors (Lipinski definition) is 4. The summed E-state index contributed by atoms with van der Waals surface area (Å²) in [6.45, 7) is 7.47. The Kier molecular flexibility index (Phi) is 4.89. The molecule has 0 aliphatic carbocycles. The van der Waals surface area contributed by atoms with Gasteiger partial charge in [0.25, 0.3) is 5.91 Å². The zero-order valence-electron chi connectivity index (χ0n) is 16.6. The number of benzene rings is 1. The Morgan fingerprint density at radius 3 is 2.82 bits per heavy atom. The fraction of sp³-hybridized carbons (Fsp3) is 0.409. The fourth-order valence-electron chi connectivity index (χ4n) is 4.12. The Bertz CT molecular complexity index is 1040. The average molecular weight is 378 g/mol. The first kappa shape index (κ1) is 18.6. The van der Waals surface area contributed by atoms with Gasteiger partial charge in [0.05, 0.1) is 36.1 Å². The summed E-state index contributed by atoms with van der Waals surface area (Å²) in [4.78, 5) is 20.3. The molecule has 1 amide bonds. The first-order valence-electron chi connectivity index (χ1n) is 9.84. The Hall–Kier alpha value is -2.73. The number of aliphatic hydroxyl groups is 1. The van der Waals surface area contributed by atoms with E-state index in [4.69, 9.17) is 10.1 Å². The third-order valence-corrected chi connectivity index (χ3v) is 5.55. The molecule has 3 aromatic rings. The Labute approximate surface area is 164 Å². The van der Waals surface area contributed by atoms with Crippen molar-refractivity contribution in [2.24, 2.45) is 0 Å². The lowest BCUT2D eigenvalue weighted by Gasteiger charge is -2.23. The van der Waals surface area contributed by atoms with Gasteiger partial charge >= 0.3 is 0 Å². The molecule has 4 rings (SSSR count). The van der Waals surface area contributed by atoms with Crippen molar-refractivity contribution in [3.05, 3.63) is 47.3 Å². The van der Waals surface area contributed by atoms with Gasteiger partial charge in [-0.05, 0) is 51.3 Å². The number of carbonyl (C=O) groups excluding carboxylic acids is 1. The highest BCUT2D eigenvalue weighted by Crippen LogP contribution is 2.30. The molecule has 1 aliphatic rings. The summed E-state index contributed by atoms with van der Waals surface area (Å²) in [7, 11) is 0. The minimum atomic E-state index is 0.0290. The second kappa shape index (κ2) is 7.36. The van der Waals surface area contributed by atoms with Crippen LogP contribution in [0.2, 0.25) is 0 Å². The van der Waals surface area contributed by atoms with Crippen LogP contribution in [0.1, 0.15) is 41.3 Å². The van der Waals surface area contributed by atoms with E-state index in [9.17, 15) is 4.79 Å². The number of likely N-dealkylation sites (tertiary alicyclic amines) is 1. The van der Waals surface area contributed by atoms with Gasteiger partial charge in [-0.1, -0.05) is 11.6 Å². The molecule has 6 nitrogen and oxygen atoms in total. The third-order valence-electron chi connectivity index (χ3n) is 5.55. The Morgan fingerprint density at radius 1 is 1.29 bits per heavy atom. The second-order valence-electron chi connectivity index (χ2n) is 7.74. The molecule has 0 bridgehead atoms. The van der Waals surface area contributed by atoms with Crippen LogP contribution in [0.3, 0.4) is 0 Å². The smallest absolute Gasteiger partial charge is 0.254 e. The molecule has 0 spiro atoms. The Balaban J connectivity index is 1.89. The van der Waals surface area contributed by atoms with E-state index < -0.39 is 0 Å². The second-order valence-corrected chi connectivity index (χ2v) is 7.74. The lowest BCUT2D eigenvalue weighted by Crippen LogP contribution is -2.33. The summed E-state index contributed by atoms with van der Waals surface area (Å²) in [5.41, 5.74) is 5.32. The van der Waals surface area contributed by atoms with Crippen LogP contribution in [-0.2, 0) is 6.54 Å². The molecule has 1 aromatic carbocycles. The lowest BCUT2D eigenvalue weighted by molar-refractivity contribution is 0.0749. The van der Waals surface area contributed by atoms with Gasteiger partial charge < -0.3 is 10.0 Å². The highest BCUT2D eigenvalue weighted by atomic mass is 16.3. The van der Waals surface area contributed by atoms with Crippen LogP contribution in [0.15, 0.2) is 30.6 Å². The maximum atomic E-state index is 13.4. The molecule has 1 atom stereocenters. The van der Waals surface area contributed by atoms with E-state index in [0.29, 0.717) is 12.1 Å². The molecule has 0 radical (unpaired) electrons. The SMILES string of the molecule is Cc1cc(C)c2nc(-c3cnn(CCO)c3)cc(C(=O)N3CCC[C@@H]3C)c2c1. The molecule has 0 saturated carbocycles. The molecule has 1 saturated heterocycles. The van der Waals surface area contributed by atoms with E-state index in [-0.39, 0.29) is 18.6 Å². The van der Waals surface area contributed by atoms with E-state index in [1.54, 1.807) is 10.9 Å². The summed E-state index contributed by atoms with van der Waals surface area (Å²) < 4.78 is 1.69. The largest absolute Gasteiger partial charge is 0.394 e. The number of aromatic nitrogens is 3. The van der Waals surface area contributed by atoms with Gasteiger partial charge in [-0.3, -0.25) is 9.48 Å². The van der Waals surface area contributed by atoms with Crippen molar-refractivity contribution in [3.8, 4) is 11.3 Å². The van der Waals surface area contributed by atoms with Crippen molar-refractivity contribution >= 4 is 16.8 Å².